The normalized spacial score (nSPS) is 23.5. The Morgan fingerprint density at radius 1 is 0.447 bits per heavy atom. The van der Waals surface area contributed by atoms with Crippen LogP contribution in [-0.2, 0) is 18.1 Å². The van der Waals surface area contributed by atoms with Crippen LogP contribution in [0.3, 0.4) is 0 Å². The summed E-state index contributed by atoms with van der Waals surface area (Å²) in [6.45, 7) is 4.77. The topological polar surface area (TPSA) is 105 Å². The fourth-order valence-corrected chi connectivity index (χ4v) is 12.0. The number of halogens is 12. The second-order valence-electron chi connectivity index (χ2n) is 11.7. The van der Waals surface area contributed by atoms with E-state index in [1.807, 2.05) is 0 Å². The summed E-state index contributed by atoms with van der Waals surface area (Å²) in [4.78, 5) is -1.14. The SMILES string of the molecule is CC(O)C(CC(Br)CBr)(CC(Br)CBr)OP(=O)(OC(CC(Br)CBr)(CC(Br)CBr)C(C)O)OC(CC(Br)CBr)(CC(Br)CBr)C(C)O. The van der Waals surface area contributed by atoms with Crippen molar-refractivity contribution in [2.45, 2.75) is 123 Å². The lowest BCUT2D eigenvalue weighted by atomic mass is 9.88. The Labute approximate surface area is 382 Å². The maximum atomic E-state index is 15.8. The standard InChI is InChI=1S/C27H45Br12O7P/c1-16(40)25(4-19(34)10-28,5-20(35)11-29)44-47(43,45-26(17(2)41,6-21(36)12-30)7-22(37)13-31)46-27(18(3)42,8-23(38)14-32)9-24(39)15-33/h16-24,40-42H,4-15H2,1-3H3. The molecular weight excluding hydrogens is 1430 g/mol. The first-order chi connectivity index (χ1) is 21.7. The zero-order valence-electron chi connectivity index (χ0n) is 26.1. The lowest BCUT2D eigenvalue weighted by Gasteiger charge is -2.48. The van der Waals surface area contributed by atoms with Crippen molar-refractivity contribution in [2.24, 2.45) is 0 Å². The van der Waals surface area contributed by atoms with Gasteiger partial charge < -0.3 is 15.3 Å². The molecule has 7 nitrogen and oxygen atoms in total. The number of hydrogen-bond donors (Lipinski definition) is 3. The lowest BCUT2D eigenvalue weighted by molar-refractivity contribution is -0.145. The van der Waals surface area contributed by atoms with E-state index in [1.165, 1.54) is 0 Å². The van der Waals surface area contributed by atoms with Crippen LogP contribution in [0.2, 0.25) is 0 Å². The fraction of sp³-hybridized carbons (Fsp3) is 1.00. The van der Waals surface area contributed by atoms with Gasteiger partial charge in [-0.05, 0) is 59.3 Å². The van der Waals surface area contributed by atoms with Crippen LogP contribution in [0.15, 0.2) is 0 Å². The van der Waals surface area contributed by atoms with Gasteiger partial charge in [-0.2, -0.15) is 0 Å². The Hall–Kier alpha value is 5.75. The van der Waals surface area contributed by atoms with Gasteiger partial charge in [0.05, 0.1) is 18.3 Å². The molecule has 0 spiro atoms. The quantitative estimate of drug-likeness (QED) is 0.0556. The van der Waals surface area contributed by atoms with Gasteiger partial charge in [0, 0.05) is 60.9 Å². The van der Waals surface area contributed by atoms with Crippen LogP contribution >= 0.6 is 199 Å². The van der Waals surface area contributed by atoms with E-state index in [1.54, 1.807) is 20.8 Å². The molecule has 0 aromatic carbocycles. The van der Waals surface area contributed by atoms with E-state index < -0.39 is 42.9 Å². The molecule has 0 heterocycles. The van der Waals surface area contributed by atoms with Crippen LogP contribution in [0, 0.1) is 0 Å². The van der Waals surface area contributed by atoms with Gasteiger partial charge in [0.1, 0.15) is 16.8 Å². The molecule has 0 aromatic rings. The number of alkyl halides is 12. The summed E-state index contributed by atoms with van der Waals surface area (Å²) in [6.07, 6.45) is -2.08. The number of phosphoric ester groups is 1. The number of aliphatic hydroxyl groups excluding tert-OH is 3. The molecule has 0 radical (unpaired) electrons. The third-order valence-electron chi connectivity index (χ3n) is 7.57. The fourth-order valence-electron chi connectivity index (χ4n) is 5.03. The lowest BCUT2D eigenvalue weighted by Crippen LogP contribution is -2.52. The Kier molecular flexibility index (Phi) is 29.1. The highest BCUT2D eigenvalue weighted by molar-refractivity contribution is 9.13. The van der Waals surface area contributed by atoms with E-state index in [9.17, 15) is 15.3 Å². The smallest absolute Gasteiger partial charge is 0.390 e. The molecule has 47 heavy (non-hydrogen) atoms. The van der Waals surface area contributed by atoms with Crippen molar-refractivity contribution in [3.8, 4) is 0 Å². The Morgan fingerprint density at radius 3 is 0.702 bits per heavy atom. The van der Waals surface area contributed by atoms with Crippen molar-refractivity contribution >= 4 is 199 Å². The van der Waals surface area contributed by atoms with E-state index in [0.29, 0.717) is 32.0 Å². The van der Waals surface area contributed by atoms with Crippen molar-refractivity contribution in [1.82, 2.24) is 0 Å². The summed E-state index contributed by atoms with van der Waals surface area (Å²) in [5.74, 6) is 0. The highest BCUT2D eigenvalue weighted by Gasteiger charge is 2.56. The zero-order chi connectivity index (χ0) is 36.8. The highest BCUT2D eigenvalue weighted by atomic mass is 79.9. The average Bonchev–Trinajstić information content (AvgIpc) is 2.99. The first-order valence-corrected chi connectivity index (χ1v) is 28.3. The summed E-state index contributed by atoms with van der Waals surface area (Å²) in [5.41, 5.74) is -4.40. The minimum atomic E-state index is -4.84. The molecule has 0 amide bonds. The van der Waals surface area contributed by atoms with Gasteiger partial charge in [-0.25, -0.2) is 4.57 Å². The predicted molar refractivity (Wildman–Crippen MR) is 241 cm³/mol. The summed E-state index contributed by atoms with van der Waals surface area (Å²) in [7, 11) is -4.84. The van der Waals surface area contributed by atoms with Crippen LogP contribution in [-0.4, -0.2) is 111 Å². The van der Waals surface area contributed by atoms with Gasteiger partial charge in [-0.1, -0.05) is 191 Å². The third-order valence-corrected chi connectivity index (χ3v) is 23.1. The molecule has 0 aromatic heterocycles. The van der Waals surface area contributed by atoms with E-state index in [4.69, 9.17) is 13.6 Å². The first kappa shape index (κ1) is 52.8. The third kappa shape index (κ3) is 18.3. The van der Waals surface area contributed by atoms with Crippen LogP contribution in [0.1, 0.15) is 59.3 Å². The summed E-state index contributed by atoms with van der Waals surface area (Å²) in [5, 5.41) is 37.6. The molecule has 9 atom stereocenters. The molecule has 0 aliphatic rings. The van der Waals surface area contributed by atoms with E-state index in [2.05, 4.69) is 191 Å². The maximum absolute atomic E-state index is 15.8. The molecule has 0 rings (SSSR count). The molecule has 0 bridgehead atoms. The monoisotopic (exact) mass is 1460 g/mol. The summed E-state index contributed by atoms with van der Waals surface area (Å²) < 4.78 is 36.0. The largest absolute Gasteiger partial charge is 0.476 e. The van der Waals surface area contributed by atoms with Crippen molar-refractivity contribution in [3.63, 3.8) is 0 Å². The van der Waals surface area contributed by atoms with Crippen LogP contribution in [0.25, 0.3) is 0 Å². The number of hydrogen-bond acceptors (Lipinski definition) is 7. The molecule has 0 saturated heterocycles. The Morgan fingerprint density at radius 2 is 0.596 bits per heavy atom. The zero-order valence-corrected chi connectivity index (χ0v) is 46.1. The molecule has 0 aliphatic heterocycles. The minimum Gasteiger partial charge on any atom is -0.390 e. The van der Waals surface area contributed by atoms with Crippen LogP contribution in [0.4, 0.5) is 0 Å². The van der Waals surface area contributed by atoms with Gasteiger partial charge in [0.25, 0.3) is 0 Å². The average molecular weight is 1470 g/mol. The van der Waals surface area contributed by atoms with Crippen LogP contribution < -0.4 is 0 Å². The van der Waals surface area contributed by atoms with Gasteiger partial charge >= 0.3 is 7.82 Å². The maximum Gasteiger partial charge on any atom is 0.476 e. The number of phosphoric acid groups is 1. The highest BCUT2D eigenvalue weighted by Crippen LogP contribution is 2.63. The predicted octanol–water partition coefficient (Wildman–Crippen LogP) is 11.8. The Bertz CT molecular complexity index is 765. The van der Waals surface area contributed by atoms with Crippen molar-refractivity contribution in [3.05, 3.63) is 0 Å². The van der Waals surface area contributed by atoms with Crippen molar-refractivity contribution < 1.29 is 33.5 Å². The number of aliphatic hydroxyl groups is 3. The van der Waals surface area contributed by atoms with E-state index in [-0.39, 0.29) is 67.5 Å². The van der Waals surface area contributed by atoms with Crippen LogP contribution in [0.5, 0.6) is 0 Å². The molecule has 0 aliphatic carbocycles. The molecule has 0 saturated carbocycles. The van der Waals surface area contributed by atoms with Gasteiger partial charge in [-0.3, -0.25) is 13.6 Å². The molecule has 20 heteroatoms. The number of rotatable bonds is 27. The van der Waals surface area contributed by atoms with E-state index in [0.717, 1.165) is 0 Å². The summed E-state index contributed by atoms with van der Waals surface area (Å²) >= 11 is 43.1. The van der Waals surface area contributed by atoms with Crippen molar-refractivity contribution in [2.75, 3.05) is 32.0 Å². The molecule has 3 N–H and O–H groups in total. The molecule has 284 valence electrons. The Balaban J connectivity index is 7.94. The molecular formula is C27H45Br12O7P. The van der Waals surface area contributed by atoms with Crippen molar-refractivity contribution in [1.29, 1.82) is 0 Å². The molecule has 0 fully saturated rings. The summed E-state index contributed by atoms with van der Waals surface area (Å²) in [6, 6.07) is 0. The van der Waals surface area contributed by atoms with Gasteiger partial charge in [0.15, 0.2) is 0 Å². The molecule has 9 unspecified atom stereocenters. The van der Waals surface area contributed by atoms with Gasteiger partial charge in [-0.15, -0.1) is 0 Å². The first-order valence-electron chi connectivity index (χ1n) is 14.6. The second kappa shape index (κ2) is 25.9. The minimum absolute atomic E-state index is 0.190. The second-order valence-corrected chi connectivity index (χ2v) is 24.8. The van der Waals surface area contributed by atoms with Gasteiger partial charge in [0.2, 0.25) is 0 Å². The van der Waals surface area contributed by atoms with E-state index >= 15 is 4.57 Å².